The van der Waals surface area contributed by atoms with Crippen molar-refractivity contribution in [1.82, 2.24) is 10.8 Å². The lowest BCUT2D eigenvalue weighted by Crippen LogP contribution is -2.47. The molecule has 3 aliphatic rings. The van der Waals surface area contributed by atoms with Gasteiger partial charge in [-0.1, -0.05) is 6.42 Å². The summed E-state index contributed by atoms with van der Waals surface area (Å²) < 4.78 is 27.6. The molecule has 7 heteroatoms. The largest absolute Gasteiger partial charge is 0.481 e. The van der Waals surface area contributed by atoms with Crippen molar-refractivity contribution in [2.24, 2.45) is 17.8 Å². The van der Waals surface area contributed by atoms with Gasteiger partial charge in [-0.25, -0.2) is 8.78 Å². The summed E-state index contributed by atoms with van der Waals surface area (Å²) in [5.41, 5.74) is 2.88. The van der Waals surface area contributed by atoms with Crippen LogP contribution in [0.2, 0.25) is 0 Å². The zero-order valence-corrected chi connectivity index (χ0v) is 12.5. The molecule has 22 heavy (non-hydrogen) atoms. The van der Waals surface area contributed by atoms with Crippen molar-refractivity contribution >= 4 is 5.97 Å². The smallest absolute Gasteiger partial charge is 0.306 e. The summed E-state index contributed by atoms with van der Waals surface area (Å²) in [6.07, 6.45) is 1.02. The number of hydrogen-bond acceptors (Lipinski definition) is 4. The van der Waals surface area contributed by atoms with Crippen molar-refractivity contribution in [3.8, 4) is 0 Å². The second-order valence-corrected chi connectivity index (χ2v) is 6.82. The molecule has 0 aromatic carbocycles. The molecule has 3 N–H and O–H groups in total. The lowest BCUT2D eigenvalue weighted by molar-refractivity contribution is -0.143. The van der Waals surface area contributed by atoms with Gasteiger partial charge in [0.15, 0.2) is 0 Å². The third-order valence-corrected chi connectivity index (χ3v) is 5.36. The van der Waals surface area contributed by atoms with Gasteiger partial charge in [0, 0.05) is 5.92 Å². The van der Waals surface area contributed by atoms with Crippen LogP contribution in [0.3, 0.4) is 0 Å². The molecule has 2 aliphatic carbocycles. The monoisotopic (exact) mass is 318 g/mol. The Morgan fingerprint density at radius 1 is 1.14 bits per heavy atom. The number of halogens is 2. The first kappa shape index (κ1) is 16.1. The summed E-state index contributed by atoms with van der Waals surface area (Å²) >= 11 is 0. The zero-order chi connectivity index (χ0) is 15.7. The van der Waals surface area contributed by atoms with E-state index in [-0.39, 0.29) is 24.4 Å². The molecule has 0 aromatic rings. The fourth-order valence-electron chi connectivity index (χ4n) is 4.04. The average Bonchev–Trinajstić information content (AvgIpc) is 3.00. The summed E-state index contributed by atoms with van der Waals surface area (Å²) in [5.74, 6) is -1.42. The molecule has 0 spiro atoms. The van der Waals surface area contributed by atoms with Gasteiger partial charge in [0.2, 0.25) is 0 Å². The molecule has 0 bridgehead atoms. The van der Waals surface area contributed by atoms with Crippen LogP contribution in [-0.4, -0.2) is 35.8 Å². The number of carbonyl (C=O) groups is 1. The van der Waals surface area contributed by atoms with E-state index in [1.807, 2.05) is 0 Å². The SMILES string of the molecule is O=C(O)C1CCCC(C2NOC(C3CCCC(F)C3F)N2)C1. The van der Waals surface area contributed by atoms with Gasteiger partial charge in [-0.2, -0.15) is 5.48 Å². The normalized spacial score (nSPS) is 46.5. The van der Waals surface area contributed by atoms with E-state index in [1.165, 1.54) is 0 Å². The minimum atomic E-state index is -1.50. The summed E-state index contributed by atoms with van der Waals surface area (Å²) in [5, 5.41) is 12.4. The lowest BCUT2D eigenvalue weighted by atomic mass is 9.79. The molecular weight excluding hydrogens is 294 g/mol. The van der Waals surface area contributed by atoms with E-state index in [9.17, 15) is 13.6 Å². The Hall–Kier alpha value is -0.790. The maximum atomic E-state index is 14.0. The third-order valence-electron chi connectivity index (χ3n) is 5.36. The van der Waals surface area contributed by atoms with E-state index >= 15 is 0 Å². The Bertz CT molecular complexity index is 412. The maximum absolute atomic E-state index is 14.0. The van der Waals surface area contributed by atoms with Gasteiger partial charge in [0.25, 0.3) is 0 Å². The molecule has 1 heterocycles. The predicted octanol–water partition coefficient (Wildman–Crippen LogP) is 2.13. The highest BCUT2D eigenvalue weighted by Crippen LogP contribution is 2.36. The van der Waals surface area contributed by atoms with Crippen molar-refractivity contribution in [3.05, 3.63) is 0 Å². The van der Waals surface area contributed by atoms with Gasteiger partial charge in [-0.3, -0.25) is 14.9 Å². The molecule has 5 nitrogen and oxygen atoms in total. The third kappa shape index (κ3) is 3.26. The number of carboxylic acid groups (broad SMARTS) is 1. The quantitative estimate of drug-likeness (QED) is 0.744. The van der Waals surface area contributed by atoms with Crippen LogP contribution >= 0.6 is 0 Å². The number of rotatable bonds is 3. The Labute approximate surface area is 128 Å². The van der Waals surface area contributed by atoms with Crippen LogP contribution in [0.4, 0.5) is 8.78 Å². The topological polar surface area (TPSA) is 70.6 Å². The van der Waals surface area contributed by atoms with Crippen LogP contribution < -0.4 is 10.8 Å². The standard InChI is InChI=1S/C15H24F2N2O3/c16-11-6-2-5-10(12(11)17)14-18-13(19-22-14)8-3-1-4-9(7-8)15(20)21/h8-14,18-19H,1-7H2,(H,20,21). The van der Waals surface area contributed by atoms with Gasteiger partial charge in [0.05, 0.1) is 12.1 Å². The first-order chi connectivity index (χ1) is 10.6. The van der Waals surface area contributed by atoms with Gasteiger partial charge in [-0.15, -0.1) is 0 Å². The number of aliphatic carboxylic acids is 1. The van der Waals surface area contributed by atoms with Gasteiger partial charge in [0.1, 0.15) is 18.6 Å². The molecule has 0 radical (unpaired) electrons. The fraction of sp³-hybridized carbons (Fsp3) is 0.933. The van der Waals surface area contributed by atoms with Crippen LogP contribution in [0, 0.1) is 17.8 Å². The maximum Gasteiger partial charge on any atom is 0.306 e. The van der Waals surface area contributed by atoms with E-state index in [4.69, 9.17) is 9.94 Å². The molecule has 126 valence electrons. The molecule has 3 rings (SSSR count). The minimum Gasteiger partial charge on any atom is -0.481 e. The van der Waals surface area contributed by atoms with Crippen molar-refractivity contribution in [3.63, 3.8) is 0 Å². The number of carboxylic acids is 1. The van der Waals surface area contributed by atoms with Gasteiger partial charge in [-0.05, 0) is 44.4 Å². The Kier molecular flexibility index (Phi) is 4.94. The Morgan fingerprint density at radius 3 is 2.68 bits per heavy atom. The lowest BCUT2D eigenvalue weighted by Gasteiger charge is -2.33. The van der Waals surface area contributed by atoms with Crippen LogP contribution in [-0.2, 0) is 9.63 Å². The van der Waals surface area contributed by atoms with Gasteiger partial charge < -0.3 is 5.11 Å². The molecule has 1 saturated heterocycles. The van der Waals surface area contributed by atoms with Crippen LogP contribution in [0.5, 0.6) is 0 Å². The van der Waals surface area contributed by atoms with Gasteiger partial charge >= 0.3 is 5.97 Å². The summed E-state index contributed by atoms with van der Waals surface area (Å²) in [6, 6.07) is 0. The minimum absolute atomic E-state index is 0.141. The van der Waals surface area contributed by atoms with E-state index < -0.39 is 30.5 Å². The second-order valence-electron chi connectivity index (χ2n) is 6.82. The highest BCUT2D eigenvalue weighted by molar-refractivity contribution is 5.70. The van der Waals surface area contributed by atoms with E-state index in [0.717, 1.165) is 12.8 Å². The molecule has 1 aliphatic heterocycles. The van der Waals surface area contributed by atoms with Crippen LogP contribution in [0.15, 0.2) is 0 Å². The Balaban J connectivity index is 1.56. The molecular formula is C15H24F2N2O3. The number of alkyl halides is 2. The van der Waals surface area contributed by atoms with E-state index in [1.54, 1.807) is 0 Å². The molecule has 2 saturated carbocycles. The van der Waals surface area contributed by atoms with E-state index in [2.05, 4.69) is 10.8 Å². The molecule has 3 fully saturated rings. The van der Waals surface area contributed by atoms with E-state index in [0.29, 0.717) is 25.7 Å². The van der Waals surface area contributed by atoms with Crippen molar-refractivity contribution in [2.75, 3.05) is 0 Å². The molecule has 0 amide bonds. The number of nitrogens with one attached hydrogen (secondary N) is 2. The number of hydrogen-bond donors (Lipinski definition) is 3. The highest BCUT2D eigenvalue weighted by Gasteiger charge is 2.44. The van der Waals surface area contributed by atoms with Crippen molar-refractivity contribution in [2.45, 2.75) is 69.7 Å². The van der Waals surface area contributed by atoms with Crippen molar-refractivity contribution in [1.29, 1.82) is 0 Å². The van der Waals surface area contributed by atoms with Crippen molar-refractivity contribution < 1.29 is 23.5 Å². The number of hydroxylamine groups is 1. The highest BCUT2D eigenvalue weighted by atomic mass is 19.2. The summed E-state index contributed by atoms with van der Waals surface area (Å²) in [4.78, 5) is 16.6. The Morgan fingerprint density at radius 2 is 1.91 bits per heavy atom. The summed E-state index contributed by atoms with van der Waals surface area (Å²) in [6.45, 7) is 0. The second kappa shape index (κ2) is 6.76. The zero-order valence-electron chi connectivity index (χ0n) is 12.5. The first-order valence-electron chi connectivity index (χ1n) is 8.24. The molecule has 7 unspecified atom stereocenters. The van der Waals surface area contributed by atoms with Crippen LogP contribution in [0.1, 0.15) is 44.9 Å². The van der Waals surface area contributed by atoms with Crippen LogP contribution in [0.25, 0.3) is 0 Å². The molecule has 7 atom stereocenters. The molecule has 0 aromatic heterocycles. The average molecular weight is 318 g/mol. The fourth-order valence-corrected chi connectivity index (χ4v) is 4.04. The first-order valence-corrected chi connectivity index (χ1v) is 8.24. The summed E-state index contributed by atoms with van der Waals surface area (Å²) in [7, 11) is 0. The predicted molar refractivity (Wildman–Crippen MR) is 75.1 cm³/mol.